The molecule has 6 heteroatoms. The van der Waals surface area contributed by atoms with Crippen molar-refractivity contribution in [1.29, 1.82) is 0 Å². The molecule has 16 heavy (non-hydrogen) atoms. The van der Waals surface area contributed by atoms with E-state index in [-0.39, 0.29) is 12.5 Å². The largest absolute Gasteiger partial charge is 0.369 e. The van der Waals surface area contributed by atoms with Crippen molar-refractivity contribution in [3.63, 3.8) is 0 Å². The molecule has 6 nitrogen and oxygen atoms in total. The van der Waals surface area contributed by atoms with Gasteiger partial charge in [0.2, 0.25) is 0 Å². The summed E-state index contributed by atoms with van der Waals surface area (Å²) in [5.74, 6) is -0.739. The lowest BCUT2D eigenvalue weighted by atomic mass is 9.88. The Kier molecular flexibility index (Phi) is 3.11. The fourth-order valence-electron chi connectivity index (χ4n) is 2.23. The topological polar surface area (TPSA) is 67.9 Å². The van der Waals surface area contributed by atoms with Crippen LogP contribution in [-0.2, 0) is 19.2 Å². The van der Waals surface area contributed by atoms with E-state index >= 15 is 0 Å². The number of hydrogen-bond acceptors (Lipinski definition) is 5. The molecule has 0 radical (unpaired) electrons. The standard InChI is InChI=1S/C10H16N2O4/c1-8(13)16-12-9(14)6-15-7-10(12)2-4-11-5-3-10/h11H,2-7H2,1H3. The van der Waals surface area contributed by atoms with E-state index in [0.717, 1.165) is 25.9 Å². The highest BCUT2D eigenvalue weighted by Gasteiger charge is 2.46. The van der Waals surface area contributed by atoms with Crippen molar-refractivity contribution >= 4 is 11.9 Å². The quantitative estimate of drug-likeness (QED) is 0.652. The van der Waals surface area contributed by atoms with Gasteiger partial charge in [0, 0.05) is 6.92 Å². The van der Waals surface area contributed by atoms with Gasteiger partial charge < -0.3 is 14.9 Å². The second kappa shape index (κ2) is 4.39. The molecule has 0 bridgehead atoms. The fourth-order valence-corrected chi connectivity index (χ4v) is 2.23. The van der Waals surface area contributed by atoms with Crippen LogP contribution in [-0.4, -0.2) is 48.8 Å². The van der Waals surface area contributed by atoms with E-state index in [1.807, 2.05) is 0 Å². The molecule has 0 aromatic carbocycles. The maximum absolute atomic E-state index is 11.7. The molecule has 1 amide bonds. The van der Waals surface area contributed by atoms with Crippen molar-refractivity contribution < 1.29 is 19.2 Å². The molecule has 1 spiro atoms. The van der Waals surface area contributed by atoms with Gasteiger partial charge in [-0.1, -0.05) is 0 Å². The molecule has 0 aromatic rings. The summed E-state index contributed by atoms with van der Waals surface area (Å²) in [6, 6.07) is 0. The summed E-state index contributed by atoms with van der Waals surface area (Å²) in [5, 5.41) is 4.45. The first-order chi connectivity index (χ1) is 7.64. The minimum atomic E-state index is -0.466. The third-order valence-corrected chi connectivity index (χ3v) is 3.01. The van der Waals surface area contributed by atoms with Crippen LogP contribution in [0.1, 0.15) is 19.8 Å². The van der Waals surface area contributed by atoms with Crippen molar-refractivity contribution in [3.8, 4) is 0 Å². The van der Waals surface area contributed by atoms with Gasteiger partial charge in [-0.05, 0) is 25.9 Å². The van der Waals surface area contributed by atoms with Crippen molar-refractivity contribution in [3.05, 3.63) is 0 Å². The second-order valence-corrected chi connectivity index (χ2v) is 4.24. The maximum atomic E-state index is 11.7. The van der Waals surface area contributed by atoms with E-state index in [1.54, 1.807) is 0 Å². The van der Waals surface area contributed by atoms with E-state index < -0.39 is 11.5 Å². The Bertz CT molecular complexity index is 294. The number of nitrogens with zero attached hydrogens (tertiary/aromatic N) is 1. The predicted molar refractivity (Wildman–Crippen MR) is 54.3 cm³/mol. The maximum Gasteiger partial charge on any atom is 0.329 e. The average molecular weight is 228 g/mol. The number of morpholine rings is 1. The van der Waals surface area contributed by atoms with Gasteiger partial charge in [-0.25, -0.2) is 0 Å². The van der Waals surface area contributed by atoms with Crippen molar-refractivity contribution in [1.82, 2.24) is 10.4 Å². The number of piperidine rings is 1. The number of hydroxylamine groups is 2. The summed E-state index contributed by atoms with van der Waals surface area (Å²) in [6.07, 6.45) is 1.48. The summed E-state index contributed by atoms with van der Waals surface area (Å²) >= 11 is 0. The Hall–Kier alpha value is -1.14. The molecule has 0 unspecified atom stereocenters. The Morgan fingerprint density at radius 1 is 1.50 bits per heavy atom. The number of carbonyl (C=O) groups excluding carboxylic acids is 2. The number of rotatable bonds is 1. The van der Waals surface area contributed by atoms with Crippen LogP contribution in [0.5, 0.6) is 0 Å². The second-order valence-electron chi connectivity index (χ2n) is 4.24. The molecular formula is C10H16N2O4. The van der Waals surface area contributed by atoms with Gasteiger partial charge in [0.15, 0.2) is 0 Å². The summed E-state index contributed by atoms with van der Waals surface area (Å²) in [5.41, 5.74) is -0.466. The Labute approximate surface area is 93.8 Å². The van der Waals surface area contributed by atoms with Gasteiger partial charge in [-0.2, -0.15) is 5.06 Å². The SMILES string of the molecule is CC(=O)ON1C(=O)COCC12CCNCC2. The molecule has 0 atom stereocenters. The normalized spacial score (nSPS) is 24.6. The zero-order valence-corrected chi connectivity index (χ0v) is 9.32. The van der Waals surface area contributed by atoms with Gasteiger partial charge in [-0.3, -0.25) is 9.59 Å². The van der Waals surface area contributed by atoms with Crippen LogP contribution in [0.25, 0.3) is 0 Å². The number of amides is 1. The highest BCUT2D eigenvalue weighted by molar-refractivity contribution is 5.80. The minimum Gasteiger partial charge on any atom is -0.369 e. The number of nitrogens with one attached hydrogen (secondary N) is 1. The molecule has 2 aliphatic heterocycles. The summed E-state index contributed by atoms with van der Waals surface area (Å²) in [4.78, 5) is 27.8. The molecular weight excluding hydrogens is 212 g/mol. The first-order valence-corrected chi connectivity index (χ1v) is 5.44. The summed E-state index contributed by atoms with van der Waals surface area (Å²) in [7, 11) is 0. The number of hydrogen-bond donors (Lipinski definition) is 1. The first-order valence-electron chi connectivity index (χ1n) is 5.44. The highest BCUT2D eigenvalue weighted by atomic mass is 16.7. The van der Waals surface area contributed by atoms with Gasteiger partial charge in [0.05, 0.1) is 6.61 Å². The number of ether oxygens (including phenoxy) is 1. The molecule has 90 valence electrons. The smallest absolute Gasteiger partial charge is 0.329 e. The minimum absolute atomic E-state index is 0.0114. The van der Waals surface area contributed by atoms with Gasteiger partial charge in [0.25, 0.3) is 5.91 Å². The molecule has 2 rings (SSSR count). The highest BCUT2D eigenvalue weighted by Crippen LogP contribution is 2.30. The van der Waals surface area contributed by atoms with Crippen LogP contribution in [0.15, 0.2) is 0 Å². The Balaban J connectivity index is 2.17. The van der Waals surface area contributed by atoms with Gasteiger partial charge >= 0.3 is 5.97 Å². The van der Waals surface area contributed by atoms with E-state index in [9.17, 15) is 9.59 Å². The van der Waals surface area contributed by atoms with E-state index in [1.165, 1.54) is 12.0 Å². The molecule has 0 aliphatic carbocycles. The van der Waals surface area contributed by atoms with E-state index in [0.29, 0.717) is 6.61 Å². The molecule has 0 aromatic heterocycles. The zero-order valence-electron chi connectivity index (χ0n) is 9.32. The lowest BCUT2D eigenvalue weighted by Crippen LogP contribution is -2.63. The molecule has 0 saturated carbocycles. The summed E-state index contributed by atoms with van der Waals surface area (Å²) in [6.45, 7) is 3.33. The Morgan fingerprint density at radius 2 is 2.19 bits per heavy atom. The lowest BCUT2D eigenvalue weighted by molar-refractivity contribution is -0.247. The van der Waals surface area contributed by atoms with Crippen LogP contribution >= 0.6 is 0 Å². The van der Waals surface area contributed by atoms with Gasteiger partial charge in [-0.15, -0.1) is 0 Å². The van der Waals surface area contributed by atoms with Crippen LogP contribution in [0.4, 0.5) is 0 Å². The van der Waals surface area contributed by atoms with Crippen molar-refractivity contribution in [2.75, 3.05) is 26.3 Å². The zero-order chi connectivity index (χ0) is 11.6. The van der Waals surface area contributed by atoms with Gasteiger partial charge in [0.1, 0.15) is 12.1 Å². The average Bonchev–Trinajstić information content (AvgIpc) is 2.25. The lowest BCUT2D eigenvalue weighted by Gasteiger charge is -2.46. The third kappa shape index (κ3) is 2.03. The fraction of sp³-hybridized carbons (Fsp3) is 0.800. The van der Waals surface area contributed by atoms with Crippen LogP contribution in [0, 0.1) is 0 Å². The molecule has 2 saturated heterocycles. The molecule has 2 aliphatic rings. The molecule has 2 heterocycles. The number of carbonyl (C=O) groups is 2. The van der Waals surface area contributed by atoms with E-state index in [2.05, 4.69) is 5.32 Å². The molecule has 2 fully saturated rings. The van der Waals surface area contributed by atoms with Crippen LogP contribution in [0.2, 0.25) is 0 Å². The molecule has 1 N–H and O–H groups in total. The first kappa shape index (κ1) is 11.3. The van der Waals surface area contributed by atoms with Crippen LogP contribution < -0.4 is 5.32 Å². The predicted octanol–water partition coefficient (Wildman–Crippen LogP) is -0.554. The third-order valence-electron chi connectivity index (χ3n) is 3.01. The van der Waals surface area contributed by atoms with Crippen LogP contribution in [0.3, 0.4) is 0 Å². The van der Waals surface area contributed by atoms with E-state index in [4.69, 9.17) is 9.57 Å². The van der Waals surface area contributed by atoms with Crippen molar-refractivity contribution in [2.45, 2.75) is 25.3 Å². The van der Waals surface area contributed by atoms with Crippen molar-refractivity contribution in [2.24, 2.45) is 0 Å². The monoisotopic (exact) mass is 228 g/mol. The Morgan fingerprint density at radius 3 is 2.81 bits per heavy atom. The summed E-state index contributed by atoms with van der Waals surface area (Å²) < 4.78 is 5.28.